The highest BCUT2D eigenvalue weighted by Crippen LogP contribution is 2.37. The molecule has 1 aliphatic heterocycles. The van der Waals surface area contributed by atoms with Crippen LogP contribution in [0.25, 0.3) is 0 Å². The molecule has 0 amide bonds. The first-order valence-electron chi connectivity index (χ1n) is 6.28. The highest BCUT2D eigenvalue weighted by molar-refractivity contribution is 7.99. The van der Waals surface area contributed by atoms with Crippen molar-refractivity contribution in [1.29, 1.82) is 0 Å². The van der Waals surface area contributed by atoms with Gasteiger partial charge in [-0.3, -0.25) is 0 Å². The number of hydrogen-bond acceptors (Lipinski definition) is 6. The van der Waals surface area contributed by atoms with Gasteiger partial charge in [0.05, 0.1) is 18.8 Å². The Morgan fingerprint density at radius 1 is 1.47 bits per heavy atom. The van der Waals surface area contributed by atoms with E-state index in [2.05, 4.69) is 46.2 Å². The predicted molar refractivity (Wildman–Crippen MR) is 75.0 cm³/mol. The van der Waals surface area contributed by atoms with Crippen LogP contribution >= 0.6 is 11.8 Å². The number of nitrogens with zero attached hydrogens (tertiary/aromatic N) is 3. The summed E-state index contributed by atoms with van der Waals surface area (Å²) >= 11 is 1.89. The van der Waals surface area contributed by atoms with Crippen LogP contribution in [-0.4, -0.2) is 21.9 Å². The largest absolute Gasteiger partial charge is 0.359 e. The summed E-state index contributed by atoms with van der Waals surface area (Å²) < 4.78 is 5.06. The second kappa shape index (κ2) is 5.22. The Morgan fingerprint density at radius 2 is 2.32 bits per heavy atom. The van der Waals surface area contributed by atoms with Crippen molar-refractivity contribution in [2.45, 2.75) is 31.0 Å². The van der Waals surface area contributed by atoms with E-state index in [9.17, 15) is 0 Å². The van der Waals surface area contributed by atoms with Gasteiger partial charge in [0.2, 0.25) is 5.89 Å². The Bertz CT molecular complexity index is 571. The van der Waals surface area contributed by atoms with Crippen molar-refractivity contribution in [2.75, 3.05) is 10.7 Å². The number of thioether (sulfide) groups is 1. The molecule has 2 aromatic rings. The molecule has 1 aromatic carbocycles. The maximum atomic E-state index is 5.49. The minimum atomic E-state index is 0.287. The highest BCUT2D eigenvalue weighted by Gasteiger charge is 2.24. The van der Waals surface area contributed by atoms with Crippen LogP contribution < -0.4 is 10.6 Å². The zero-order chi connectivity index (χ0) is 13.2. The molecule has 3 rings (SSSR count). The van der Waals surface area contributed by atoms with Crippen LogP contribution in [0, 0.1) is 0 Å². The molecule has 1 unspecified atom stereocenters. The van der Waals surface area contributed by atoms with Crippen molar-refractivity contribution in [3.63, 3.8) is 0 Å². The quantitative estimate of drug-likeness (QED) is 0.925. The summed E-state index contributed by atoms with van der Waals surface area (Å²) in [7, 11) is 0. The van der Waals surface area contributed by atoms with Crippen LogP contribution in [0.4, 0.5) is 5.69 Å². The van der Waals surface area contributed by atoms with E-state index in [4.69, 9.17) is 10.3 Å². The van der Waals surface area contributed by atoms with E-state index < -0.39 is 0 Å². The third-order valence-electron chi connectivity index (χ3n) is 3.18. The minimum Gasteiger partial charge on any atom is -0.359 e. The molecule has 0 aliphatic carbocycles. The van der Waals surface area contributed by atoms with Gasteiger partial charge in [-0.15, -0.1) is 11.8 Å². The number of anilines is 1. The fourth-order valence-corrected chi connectivity index (χ4v) is 3.29. The zero-order valence-corrected chi connectivity index (χ0v) is 11.6. The van der Waals surface area contributed by atoms with E-state index in [0.29, 0.717) is 24.3 Å². The van der Waals surface area contributed by atoms with Crippen LogP contribution in [0.1, 0.15) is 18.6 Å². The first-order chi connectivity index (χ1) is 9.28. The van der Waals surface area contributed by atoms with Crippen molar-refractivity contribution >= 4 is 17.4 Å². The van der Waals surface area contributed by atoms with Crippen molar-refractivity contribution in [3.8, 4) is 0 Å². The SMILES string of the molecule is CC1CSc2ccccc2N1Cc1noc(CN)n1. The molecule has 0 fully saturated rings. The molecule has 100 valence electrons. The summed E-state index contributed by atoms with van der Waals surface area (Å²) in [6.45, 7) is 3.16. The third-order valence-corrected chi connectivity index (χ3v) is 4.49. The summed E-state index contributed by atoms with van der Waals surface area (Å²) in [4.78, 5) is 7.90. The maximum absolute atomic E-state index is 5.49. The van der Waals surface area contributed by atoms with E-state index in [-0.39, 0.29) is 6.54 Å². The molecule has 1 atom stereocenters. The fraction of sp³-hybridized carbons (Fsp3) is 0.385. The smallest absolute Gasteiger partial charge is 0.240 e. The van der Waals surface area contributed by atoms with E-state index in [1.54, 1.807) is 0 Å². The Kier molecular flexibility index (Phi) is 3.44. The van der Waals surface area contributed by atoms with Crippen molar-refractivity contribution in [2.24, 2.45) is 5.73 Å². The lowest BCUT2D eigenvalue weighted by Crippen LogP contribution is -2.37. The first-order valence-corrected chi connectivity index (χ1v) is 7.26. The van der Waals surface area contributed by atoms with Crippen LogP contribution in [-0.2, 0) is 13.1 Å². The Morgan fingerprint density at radius 3 is 3.11 bits per heavy atom. The Hall–Kier alpha value is -1.53. The van der Waals surface area contributed by atoms with Crippen molar-refractivity contribution in [1.82, 2.24) is 10.1 Å². The van der Waals surface area contributed by atoms with E-state index in [1.807, 2.05) is 11.8 Å². The Labute approximate surface area is 116 Å². The number of para-hydroxylation sites is 1. The van der Waals surface area contributed by atoms with Crippen LogP contribution in [0.15, 0.2) is 33.7 Å². The highest BCUT2D eigenvalue weighted by atomic mass is 32.2. The monoisotopic (exact) mass is 276 g/mol. The third kappa shape index (κ3) is 2.46. The predicted octanol–water partition coefficient (Wildman–Crippen LogP) is 2.03. The molecule has 5 nitrogen and oxygen atoms in total. The number of rotatable bonds is 3. The van der Waals surface area contributed by atoms with Crippen molar-refractivity contribution < 1.29 is 4.52 Å². The molecule has 0 saturated heterocycles. The van der Waals surface area contributed by atoms with Crippen LogP contribution in [0.3, 0.4) is 0 Å². The standard InChI is InChI=1S/C13H16N4OS/c1-9-8-19-11-5-3-2-4-10(11)17(9)7-12-15-13(6-14)18-16-12/h2-5,9H,6-8,14H2,1H3. The Balaban J connectivity index is 1.87. The number of nitrogens with two attached hydrogens (primary N) is 1. The topological polar surface area (TPSA) is 68.2 Å². The lowest BCUT2D eigenvalue weighted by Gasteiger charge is -2.35. The second-order valence-corrected chi connectivity index (χ2v) is 5.63. The van der Waals surface area contributed by atoms with Gasteiger partial charge in [0, 0.05) is 16.7 Å². The van der Waals surface area contributed by atoms with E-state index in [1.165, 1.54) is 10.6 Å². The fourth-order valence-electron chi connectivity index (χ4n) is 2.18. The van der Waals surface area contributed by atoms with Gasteiger partial charge in [-0.05, 0) is 19.1 Å². The lowest BCUT2D eigenvalue weighted by molar-refractivity contribution is 0.374. The first kappa shape index (κ1) is 12.5. The molecular formula is C13H16N4OS. The van der Waals surface area contributed by atoms with Gasteiger partial charge in [0.15, 0.2) is 5.82 Å². The second-order valence-electron chi connectivity index (χ2n) is 4.56. The van der Waals surface area contributed by atoms with Gasteiger partial charge >= 0.3 is 0 Å². The molecule has 6 heteroatoms. The molecule has 1 aromatic heterocycles. The average Bonchev–Trinajstić information content (AvgIpc) is 2.90. The molecular weight excluding hydrogens is 260 g/mol. The van der Waals surface area contributed by atoms with Crippen LogP contribution in [0.2, 0.25) is 0 Å². The number of aromatic nitrogens is 2. The molecule has 2 N–H and O–H groups in total. The van der Waals surface area contributed by atoms with Gasteiger partial charge < -0.3 is 15.2 Å². The summed E-state index contributed by atoms with van der Waals surface area (Å²) in [6.07, 6.45) is 0. The molecule has 0 spiro atoms. The number of fused-ring (bicyclic) bond motifs is 1. The van der Waals surface area contributed by atoms with Gasteiger partial charge in [-0.1, -0.05) is 17.3 Å². The molecule has 1 aliphatic rings. The van der Waals surface area contributed by atoms with Gasteiger partial charge in [0.1, 0.15) is 0 Å². The normalized spacial score (nSPS) is 18.4. The van der Waals surface area contributed by atoms with Gasteiger partial charge in [-0.2, -0.15) is 4.98 Å². The minimum absolute atomic E-state index is 0.287. The van der Waals surface area contributed by atoms with E-state index in [0.717, 1.165) is 5.75 Å². The zero-order valence-electron chi connectivity index (χ0n) is 10.7. The summed E-state index contributed by atoms with van der Waals surface area (Å²) in [6, 6.07) is 8.87. The summed E-state index contributed by atoms with van der Waals surface area (Å²) in [5, 5.41) is 3.97. The molecule has 0 bridgehead atoms. The number of benzene rings is 1. The summed E-state index contributed by atoms with van der Waals surface area (Å²) in [5.74, 6) is 2.25. The maximum Gasteiger partial charge on any atom is 0.240 e. The van der Waals surface area contributed by atoms with E-state index >= 15 is 0 Å². The molecule has 2 heterocycles. The average molecular weight is 276 g/mol. The lowest BCUT2D eigenvalue weighted by atomic mass is 10.2. The molecule has 19 heavy (non-hydrogen) atoms. The molecule has 0 saturated carbocycles. The van der Waals surface area contributed by atoms with Crippen molar-refractivity contribution in [3.05, 3.63) is 36.0 Å². The summed E-state index contributed by atoms with van der Waals surface area (Å²) in [5.41, 5.74) is 6.73. The van der Waals surface area contributed by atoms with Gasteiger partial charge in [-0.25, -0.2) is 0 Å². The van der Waals surface area contributed by atoms with Gasteiger partial charge in [0.25, 0.3) is 0 Å². The molecule has 0 radical (unpaired) electrons. The van der Waals surface area contributed by atoms with Crippen LogP contribution in [0.5, 0.6) is 0 Å². The number of hydrogen-bond donors (Lipinski definition) is 1.